The monoisotopic (exact) mass is 232 g/mol. The van der Waals surface area contributed by atoms with Crippen molar-refractivity contribution in [1.82, 2.24) is 4.57 Å². The van der Waals surface area contributed by atoms with E-state index in [1.54, 1.807) is 12.1 Å². The molecule has 1 heterocycles. The third-order valence-electron chi connectivity index (χ3n) is 2.97. The average molecular weight is 232 g/mol. The van der Waals surface area contributed by atoms with Crippen LogP contribution in [0.4, 0.5) is 0 Å². The number of carboxylic acids is 1. The highest BCUT2D eigenvalue weighted by Crippen LogP contribution is 2.23. The molecule has 1 aromatic heterocycles. The number of fused-ring (bicyclic) bond motifs is 1. The van der Waals surface area contributed by atoms with Crippen LogP contribution in [-0.2, 0) is 13.5 Å². The summed E-state index contributed by atoms with van der Waals surface area (Å²) < 4.78 is 2.02. The van der Waals surface area contributed by atoms with Crippen LogP contribution in [0, 0.1) is 0 Å². The highest BCUT2D eigenvalue weighted by Gasteiger charge is 2.09. The number of aryl methyl sites for hydroxylation is 2. The highest BCUT2D eigenvalue weighted by atomic mass is 16.4. The number of hydrogen-bond acceptors (Lipinski definition) is 2. The first-order valence-corrected chi connectivity index (χ1v) is 5.65. The summed E-state index contributed by atoms with van der Waals surface area (Å²) in [5.74, 6) is -0.888. The number of benzene rings is 1. The van der Waals surface area contributed by atoms with Crippen molar-refractivity contribution in [2.24, 2.45) is 12.8 Å². The van der Waals surface area contributed by atoms with Gasteiger partial charge in [0.2, 0.25) is 0 Å². The molecule has 2 aromatic rings. The fourth-order valence-corrected chi connectivity index (χ4v) is 2.10. The van der Waals surface area contributed by atoms with Gasteiger partial charge in [-0.05, 0) is 43.1 Å². The Labute approximate surface area is 99.7 Å². The Hall–Kier alpha value is -1.81. The first kappa shape index (κ1) is 11.7. The topological polar surface area (TPSA) is 68.2 Å². The molecule has 2 rings (SSSR count). The van der Waals surface area contributed by atoms with Crippen LogP contribution in [0.15, 0.2) is 24.4 Å². The molecule has 0 atom stereocenters. The summed E-state index contributed by atoms with van der Waals surface area (Å²) in [4.78, 5) is 10.9. The van der Waals surface area contributed by atoms with Crippen LogP contribution in [0.25, 0.3) is 10.9 Å². The predicted molar refractivity (Wildman–Crippen MR) is 67.3 cm³/mol. The van der Waals surface area contributed by atoms with Crippen LogP contribution in [0.2, 0.25) is 0 Å². The summed E-state index contributed by atoms with van der Waals surface area (Å²) in [5, 5.41) is 10.0. The van der Waals surface area contributed by atoms with E-state index in [1.165, 1.54) is 0 Å². The van der Waals surface area contributed by atoms with Crippen molar-refractivity contribution in [2.75, 3.05) is 6.54 Å². The van der Waals surface area contributed by atoms with E-state index in [0.717, 1.165) is 29.3 Å². The van der Waals surface area contributed by atoms with E-state index in [2.05, 4.69) is 0 Å². The molecular formula is C13H16N2O2. The molecule has 0 aliphatic heterocycles. The molecule has 0 amide bonds. The first-order chi connectivity index (χ1) is 8.13. The Balaban J connectivity index is 2.52. The minimum absolute atomic E-state index is 0.331. The second-order valence-electron chi connectivity index (χ2n) is 4.19. The maximum Gasteiger partial charge on any atom is 0.335 e. The fraction of sp³-hybridized carbons (Fsp3) is 0.308. The van der Waals surface area contributed by atoms with E-state index >= 15 is 0 Å². The molecule has 17 heavy (non-hydrogen) atoms. The zero-order valence-electron chi connectivity index (χ0n) is 9.81. The summed E-state index contributed by atoms with van der Waals surface area (Å²) in [6, 6.07) is 5.23. The van der Waals surface area contributed by atoms with E-state index < -0.39 is 5.97 Å². The van der Waals surface area contributed by atoms with E-state index in [1.807, 2.05) is 23.9 Å². The lowest BCUT2D eigenvalue weighted by Crippen LogP contribution is -2.00. The number of nitrogens with zero attached hydrogens (tertiary/aromatic N) is 1. The van der Waals surface area contributed by atoms with Crippen LogP contribution in [0.1, 0.15) is 22.3 Å². The zero-order chi connectivity index (χ0) is 12.4. The van der Waals surface area contributed by atoms with E-state index in [-0.39, 0.29) is 0 Å². The van der Waals surface area contributed by atoms with Crippen LogP contribution in [0.5, 0.6) is 0 Å². The first-order valence-electron chi connectivity index (χ1n) is 5.65. The van der Waals surface area contributed by atoms with Gasteiger partial charge in [-0.3, -0.25) is 0 Å². The van der Waals surface area contributed by atoms with Crippen molar-refractivity contribution in [3.8, 4) is 0 Å². The van der Waals surface area contributed by atoms with Crippen LogP contribution < -0.4 is 5.73 Å². The van der Waals surface area contributed by atoms with Crippen LogP contribution in [-0.4, -0.2) is 22.2 Å². The molecule has 0 bridgehead atoms. The quantitative estimate of drug-likeness (QED) is 0.844. The smallest absolute Gasteiger partial charge is 0.335 e. The SMILES string of the molecule is Cn1cc(CCCN)c2cc(C(=O)O)ccc21. The standard InChI is InChI=1S/C13H16N2O2/c1-15-8-10(3-2-6-14)11-7-9(13(16)17)4-5-12(11)15/h4-5,7-8H,2-3,6,14H2,1H3,(H,16,17). The van der Waals surface area contributed by atoms with Gasteiger partial charge in [-0.1, -0.05) is 0 Å². The minimum Gasteiger partial charge on any atom is -0.478 e. The Kier molecular flexibility index (Phi) is 3.15. The van der Waals surface area contributed by atoms with Crippen molar-refractivity contribution in [3.63, 3.8) is 0 Å². The highest BCUT2D eigenvalue weighted by molar-refractivity contribution is 5.94. The molecule has 4 nitrogen and oxygen atoms in total. The molecule has 0 unspecified atom stereocenters. The summed E-state index contributed by atoms with van der Waals surface area (Å²) in [7, 11) is 1.97. The molecule has 1 aromatic carbocycles. The van der Waals surface area contributed by atoms with Gasteiger partial charge in [-0.2, -0.15) is 0 Å². The lowest BCUT2D eigenvalue weighted by Gasteiger charge is -1.99. The maximum absolute atomic E-state index is 10.9. The van der Waals surface area contributed by atoms with Gasteiger partial charge in [-0.15, -0.1) is 0 Å². The largest absolute Gasteiger partial charge is 0.478 e. The number of aromatic carboxylic acids is 1. The maximum atomic E-state index is 10.9. The van der Waals surface area contributed by atoms with E-state index in [4.69, 9.17) is 10.8 Å². The summed E-state index contributed by atoms with van der Waals surface area (Å²) >= 11 is 0. The van der Waals surface area contributed by atoms with E-state index in [0.29, 0.717) is 12.1 Å². The van der Waals surface area contributed by atoms with Gasteiger partial charge in [0.15, 0.2) is 0 Å². The molecule has 3 N–H and O–H groups in total. The molecular weight excluding hydrogens is 216 g/mol. The molecule has 90 valence electrons. The number of carbonyl (C=O) groups is 1. The van der Waals surface area contributed by atoms with Crippen molar-refractivity contribution in [2.45, 2.75) is 12.8 Å². The molecule has 4 heteroatoms. The molecule has 0 radical (unpaired) electrons. The molecule has 0 spiro atoms. The van der Waals surface area contributed by atoms with Crippen molar-refractivity contribution in [3.05, 3.63) is 35.5 Å². The van der Waals surface area contributed by atoms with Crippen molar-refractivity contribution < 1.29 is 9.90 Å². The lowest BCUT2D eigenvalue weighted by atomic mass is 10.1. The Morgan fingerprint density at radius 1 is 1.47 bits per heavy atom. The number of aromatic nitrogens is 1. The zero-order valence-corrected chi connectivity index (χ0v) is 9.81. The molecule has 0 fully saturated rings. The van der Waals surface area contributed by atoms with Gasteiger partial charge in [0.25, 0.3) is 0 Å². The second kappa shape index (κ2) is 4.59. The predicted octanol–water partition coefficient (Wildman–Crippen LogP) is 1.77. The van der Waals surface area contributed by atoms with Crippen molar-refractivity contribution in [1.29, 1.82) is 0 Å². The van der Waals surface area contributed by atoms with Crippen LogP contribution in [0.3, 0.4) is 0 Å². The molecule has 0 aliphatic rings. The third-order valence-corrected chi connectivity index (χ3v) is 2.97. The Morgan fingerprint density at radius 2 is 2.24 bits per heavy atom. The summed E-state index contributed by atoms with van der Waals surface area (Å²) in [6.07, 6.45) is 3.85. The fourth-order valence-electron chi connectivity index (χ4n) is 2.10. The number of carboxylic acid groups (broad SMARTS) is 1. The minimum atomic E-state index is -0.888. The Morgan fingerprint density at radius 3 is 2.88 bits per heavy atom. The van der Waals surface area contributed by atoms with Gasteiger partial charge in [-0.25, -0.2) is 4.79 Å². The van der Waals surface area contributed by atoms with Crippen molar-refractivity contribution >= 4 is 16.9 Å². The summed E-state index contributed by atoms with van der Waals surface area (Å²) in [6.45, 7) is 0.648. The molecule has 0 aliphatic carbocycles. The van der Waals surface area contributed by atoms with Crippen LogP contribution >= 0.6 is 0 Å². The van der Waals surface area contributed by atoms with E-state index in [9.17, 15) is 4.79 Å². The molecule has 0 saturated carbocycles. The second-order valence-corrected chi connectivity index (χ2v) is 4.19. The molecule has 0 saturated heterocycles. The van der Waals surface area contributed by atoms with Gasteiger partial charge in [0.1, 0.15) is 0 Å². The van der Waals surface area contributed by atoms with Gasteiger partial charge < -0.3 is 15.4 Å². The average Bonchev–Trinajstić information content (AvgIpc) is 2.63. The number of nitrogens with two attached hydrogens (primary N) is 1. The van der Waals surface area contributed by atoms with Gasteiger partial charge in [0, 0.05) is 24.1 Å². The summed E-state index contributed by atoms with van der Waals surface area (Å²) in [5.41, 5.74) is 8.06. The third kappa shape index (κ3) is 2.17. The van der Waals surface area contributed by atoms with Gasteiger partial charge in [0.05, 0.1) is 5.56 Å². The van der Waals surface area contributed by atoms with Gasteiger partial charge >= 0.3 is 5.97 Å². The Bertz CT molecular complexity index is 558. The lowest BCUT2D eigenvalue weighted by molar-refractivity contribution is 0.0697. The number of hydrogen-bond donors (Lipinski definition) is 2. The number of rotatable bonds is 4. The normalized spacial score (nSPS) is 10.9.